The predicted molar refractivity (Wildman–Crippen MR) is 90.3 cm³/mol. The number of carbonyl (C=O) groups is 1. The van der Waals surface area contributed by atoms with E-state index in [4.69, 9.17) is 0 Å². The Morgan fingerprint density at radius 1 is 1.17 bits per heavy atom. The second kappa shape index (κ2) is 7.50. The van der Waals surface area contributed by atoms with Gasteiger partial charge in [0.15, 0.2) is 0 Å². The number of carbonyl (C=O) groups excluding carboxylic acids is 1. The highest BCUT2D eigenvalue weighted by Crippen LogP contribution is 2.18. The summed E-state index contributed by atoms with van der Waals surface area (Å²) in [5.41, 5.74) is 1.38. The van der Waals surface area contributed by atoms with Gasteiger partial charge >= 0.3 is 0 Å². The molecule has 2 aromatic heterocycles. The van der Waals surface area contributed by atoms with E-state index in [1.165, 1.54) is 12.4 Å². The predicted octanol–water partition coefficient (Wildman–Crippen LogP) is 2.54. The molecule has 6 nitrogen and oxygen atoms in total. The van der Waals surface area contributed by atoms with Crippen molar-refractivity contribution in [2.75, 3.05) is 0 Å². The van der Waals surface area contributed by atoms with Crippen LogP contribution in [0.2, 0.25) is 0 Å². The quantitative estimate of drug-likeness (QED) is 0.757. The summed E-state index contributed by atoms with van der Waals surface area (Å²) in [5, 5.41) is 3.06. The fourth-order valence-electron chi connectivity index (χ4n) is 2.56. The van der Waals surface area contributed by atoms with Crippen LogP contribution in [0.3, 0.4) is 0 Å². The van der Waals surface area contributed by atoms with Crippen molar-refractivity contribution in [1.82, 2.24) is 24.8 Å². The number of aromatic nitrogens is 4. The van der Waals surface area contributed by atoms with E-state index in [1.54, 1.807) is 12.4 Å². The van der Waals surface area contributed by atoms with Crippen molar-refractivity contribution in [2.45, 2.75) is 25.9 Å². The molecule has 0 unspecified atom stereocenters. The number of aryl methyl sites for hydroxylation is 2. The van der Waals surface area contributed by atoms with Gasteiger partial charge in [0.2, 0.25) is 0 Å². The molecule has 6 heteroatoms. The van der Waals surface area contributed by atoms with Crippen molar-refractivity contribution >= 4 is 5.91 Å². The molecular weight excluding hydrogens is 302 g/mol. The van der Waals surface area contributed by atoms with Crippen molar-refractivity contribution in [3.8, 4) is 0 Å². The van der Waals surface area contributed by atoms with Gasteiger partial charge in [-0.15, -0.1) is 0 Å². The topological polar surface area (TPSA) is 72.7 Å². The molecule has 0 bridgehead atoms. The summed E-state index contributed by atoms with van der Waals surface area (Å²) in [5.74, 6) is 0.737. The Bertz CT molecular complexity index is 785. The third-order valence-electron chi connectivity index (χ3n) is 3.89. The van der Waals surface area contributed by atoms with Gasteiger partial charge in [0.25, 0.3) is 5.91 Å². The van der Waals surface area contributed by atoms with Gasteiger partial charge in [-0.1, -0.05) is 30.3 Å². The zero-order valence-corrected chi connectivity index (χ0v) is 13.5. The molecule has 1 N–H and O–H groups in total. The van der Waals surface area contributed by atoms with E-state index in [-0.39, 0.29) is 11.9 Å². The van der Waals surface area contributed by atoms with E-state index < -0.39 is 0 Å². The molecule has 0 aliphatic heterocycles. The van der Waals surface area contributed by atoms with Crippen LogP contribution >= 0.6 is 0 Å². The van der Waals surface area contributed by atoms with Crippen LogP contribution in [0.25, 0.3) is 0 Å². The van der Waals surface area contributed by atoms with Gasteiger partial charge in [-0.3, -0.25) is 9.78 Å². The minimum atomic E-state index is -0.223. The zero-order chi connectivity index (χ0) is 16.8. The Morgan fingerprint density at radius 2 is 2.00 bits per heavy atom. The Labute approximate surface area is 140 Å². The smallest absolute Gasteiger partial charge is 0.271 e. The number of hydrogen-bond donors (Lipinski definition) is 1. The first kappa shape index (κ1) is 15.9. The Kier molecular flexibility index (Phi) is 4.96. The first-order valence-corrected chi connectivity index (χ1v) is 7.83. The van der Waals surface area contributed by atoms with Crippen LogP contribution in [0.1, 0.15) is 34.3 Å². The van der Waals surface area contributed by atoms with Crippen LogP contribution < -0.4 is 5.32 Å². The first-order valence-electron chi connectivity index (χ1n) is 7.83. The van der Waals surface area contributed by atoms with Gasteiger partial charge in [-0.05, 0) is 18.9 Å². The molecule has 0 spiro atoms. The number of rotatable bonds is 6. The van der Waals surface area contributed by atoms with Crippen LogP contribution in [0.5, 0.6) is 0 Å². The lowest BCUT2D eigenvalue weighted by Crippen LogP contribution is -2.30. The van der Waals surface area contributed by atoms with Gasteiger partial charge in [-0.25, -0.2) is 9.97 Å². The van der Waals surface area contributed by atoms with E-state index in [2.05, 4.69) is 24.8 Å². The second-order valence-corrected chi connectivity index (χ2v) is 5.48. The molecule has 0 radical (unpaired) electrons. The summed E-state index contributed by atoms with van der Waals surface area (Å²) >= 11 is 0. The number of nitrogens with one attached hydrogen (secondary N) is 1. The van der Waals surface area contributed by atoms with Gasteiger partial charge < -0.3 is 9.88 Å². The molecule has 1 amide bonds. The van der Waals surface area contributed by atoms with Gasteiger partial charge in [0.05, 0.1) is 12.2 Å². The summed E-state index contributed by atoms with van der Waals surface area (Å²) in [6, 6.07) is 9.83. The van der Waals surface area contributed by atoms with Gasteiger partial charge in [0, 0.05) is 31.3 Å². The lowest BCUT2D eigenvalue weighted by Gasteiger charge is -2.19. The summed E-state index contributed by atoms with van der Waals surface area (Å²) in [6.45, 7) is 2.74. The molecule has 0 fully saturated rings. The molecular formula is C18H19N5O. The average molecular weight is 321 g/mol. The van der Waals surface area contributed by atoms with E-state index in [9.17, 15) is 4.79 Å². The standard InChI is InChI=1S/C18H19N5O/c1-14-20-10-12-23(14)11-7-16(15-5-3-2-4-6-15)22-18(24)17-13-19-8-9-21-17/h2-6,8-10,12-13,16H,7,11H2,1H3,(H,22,24)/t16-/m0/s1. The fourth-order valence-corrected chi connectivity index (χ4v) is 2.56. The SMILES string of the molecule is Cc1nccn1CC[C@H](NC(=O)c1cnccn1)c1ccccc1. The fraction of sp³-hybridized carbons (Fsp3) is 0.222. The summed E-state index contributed by atoms with van der Waals surface area (Å²) < 4.78 is 2.07. The molecule has 3 aromatic rings. The lowest BCUT2D eigenvalue weighted by molar-refractivity contribution is 0.0928. The monoisotopic (exact) mass is 321 g/mol. The van der Waals surface area contributed by atoms with Crippen LogP contribution in [0, 0.1) is 6.92 Å². The van der Waals surface area contributed by atoms with Crippen LogP contribution in [-0.2, 0) is 6.54 Å². The van der Waals surface area contributed by atoms with Crippen molar-refractivity contribution in [3.63, 3.8) is 0 Å². The maximum absolute atomic E-state index is 12.4. The maximum Gasteiger partial charge on any atom is 0.271 e. The van der Waals surface area contributed by atoms with Crippen molar-refractivity contribution in [1.29, 1.82) is 0 Å². The molecule has 122 valence electrons. The van der Waals surface area contributed by atoms with E-state index in [0.29, 0.717) is 5.69 Å². The lowest BCUT2D eigenvalue weighted by atomic mass is 10.0. The number of benzene rings is 1. The highest BCUT2D eigenvalue weighted by molar-refractivity contribution is 5.92. The minimum absolute atomic E-state index is 0.109. The number of hydrogen-bond acceptors (Lipinski definition) is 4. The van der Waals surface area contributed by atoms with Crippen molar-refractivity contribution < 1.29 is 4.79 Å². The molecule has 0 aliphatic carbocycles. The van der Waals surface area contributed by atoms with E-state index in [0.717, 1.165) is 24.4 Å². The first-order chi connectivity index (χ1) is 11.7. The molecule has 1 aromatic carbocycles. The largest absolute Gasteiger partial charge is 0.344 e. The third-order valence-corrected chi connectivity index (χ3v) is 3.89. The number of amides is 1. The molecule has 1 atom stereocenters. The van der Waals surface area contributed by atoms with Crippen molar-refractivity contribution in [2.24, 2.45) is 0 Å². The van der Waals surface area contributed by atoms with E-state index in [1.807, 2.05) is 43.5 Å². The molecule has 0 saturated heterocycles. The maximum atomic E-state index is 12.4. The number of nitrogens with zero attached hydrogens (tertiary/aromatic N) is 4. The van der Waals surface area contributed by atoms with Crippen molar-refractivity contribution in [3.05, 3.63) is 78.4 Å². The Hall–Kier alpha value is -3.02. The third kappa shape index (κ3) is 3.84. The average Bonchev–Trinajstić information content (AvgIpc) is 3.05. The van der Waals surface area contributed by atoms with Crippen LogP contribution in [-0.4, -0.2) is 25.4 Å². The molecule has 2 heterocycles. The van der Waals surface area contributed by atoms with Crippen LogP contribution in [0.15, 0.2) is 61.3 Å². The Morgan fingerprint density at radius 3 is 2.67 bits per heavy atom. The normalized spacial score (nSPS) is 11.9. The molecule has 0 saturated carbocycles. The molecule has 24 heavy (non-hydrogen) atoms. The van der Waals surface area contributed by atoms with E-state index >= 15 is 0 Å². The highest BCUT2D eigenvalue weighted by atomic mass is 16.1. The summed E-state index contributed by atoms with van der Waals surface area (Å²) in [6.07, 6.45) is 9.02. The minimum Gasteiger partial charge on any atom is -0.344 e. The van der Waals surface area contributed by atoms with Crippen LogP contribution in [0.4, 0.5) is 0 Å². The summed E-state index contributed by atoms with van der Waals surface area (Å²) in [7, 11) is 0. The molecule has 3 rings (SSSR count). The zero-order valence-electron chi connectivity index (χ0n) is 13.5. The van der Waals surface area contributed by atoms with Gasteiger partial charge in [-0.2, -0.15) is 0 Å². The second-order valence-electron chi connectivity index (χ2n) is 5.48. The summed E-state index contributed by atoms with van der Waals surface area (Å²) in [4.78, 5) is 24.7. The highest BCUT2D eigenvalue weighted by Gasteiger charge is 2.17. The van der Waals surface area contributed by atoms with Gasteiger partial charge in [0.1, 0.15) is 11.5 Å². The Balaban J connectivity index is 1.75. The molecule has 0 aliphatic rings. The number of imidazole rings is 1.